The minimum absolute atomic E-state index is 0.00110. The topological polar surface area (TPSA) is 65.0 Å². The first-order valence-corrected chi connectivity index (χ1v) is 10.9. The number of hydrogen-bond acceptors (Lipinski definition) is 5. The molecule has 0 aliphatic heterocycles. The lowest BCUT2D eigenvalue weighted by atomic mass is 9.94. The smallest absolute Gasteiger partial charge is 0.150 e. The molecule has 0 aliphatic rings. The number of carbonyl (C=O) groups excluding carboxylic acids is 1. The first-order valence-electron chi connectivity index (χ1n) is 10.9. The normalized spacial score (nSPS) is 10.8. The van der Waals surface area contributed by atoms with E-state index in [0.29, 0.717) is 36.9 Å². The van der Waals surface area contributed by atoms with Crippen molar-refractivity contribution < 1.29 is 24.1 Å². The number of aliphatic hydroxyl groups is 1. The first kappa shape index (κ1) is 22.5. The molecule has 0 fully saturated rings. The molecule has 0 amide bonds. The Morgan fingerprint density at radius 1 is 0.848 bits per heavy atom. The van der Waals surface area contributed by atoms with Gasteiger partial charge in [0, 0.05) is 16.5 Å². The van der Waals surface area contributed by atoms with E-state index in [1.54, 1.807) is 0 Å². The minimum Gasteiger partial charge on any atom is -0.491 e. The highest BCUT2D eigenvalue weighted by Crippen LogP contribution is 2.42. The van der Waals surface area contributed by atoms with Crippen LogP contribution in [0.25, 0.3) is 21.9 Å². The van der Waals surface area contributed by atoms with Gasteiger partial charge >= 0.3 is 0 Å². The van der Waals surface area contributed by atoms with Crippen LogP contribution < -0.4 is 9.47 Å². The number of ether oxygens (including phenoxy) is 3. The molecule has 0 atom stereocenters. The zero-order chi connectivity index (χ0) is 23.0. The predicted octanol–water partition coefficient (Wildman–Crippen LogP) is 5.81. The number of benzene rings is 4. The number of aldehydes is 1. The second kappa shape index (κ2) is 10.8. The number of aliphatic hydroxyl groups excluding tert-OH is 1. The van der Waals surface area contributed by atoms with Crippen molar-refractivity contribution >= 4 is 17.1 Å². The first-order chi connectivity index (χ1) is 16.2. The third-order valence-corrected chi connectivity index (χ3v) is 5.29. The molecule has 4 aromatic rings. The van der Waals surface area contributed by atoms with Crippen molar-refractivity contribution in [1.29, 1.82) is 0 Å². The number of aryl methyl sites for hydroxylation is 1. The van der Waals surface area contributed by atoms with Gasteiger partial charge in [-0.1, -0.05) is 42.5 Å². The summed E-state index contributed by atoms with van der Waals surface area (Å²) in [6.07, 6.45) is 0.855. The Labute approximate surface area is 193 Å². The second-order valence-electron chi connectivity index (χ2n) is 7.62. The molecule has 0 spiro atoms. The van der Waals surface area contributed by atoms with Crippen molar-refractivity contribution in [3.05, 3.63) is 90.0 Å². The van der Waals surface area contributed by atoms with Crippen molar-refractivity contribution in [2.45, 2.75) is 6.92 Å². The van der Waals surface area contributed by atoms with Gasteiger partial charge in [0.2, 0.25) is 0 Å². The van der Waals surface area contributed by atoms with Gasteiger partial charge in [-0.25, -0.2) is 0 Å². The van der Waals surface area contributed by atoms with Gasteiger partial charge in [0.05, 0.1) is 19.8 Å². The van der Waals surface area contributed by atoms with Crippen LogP contribution in [0.15, 0.2) is 78.9 Å². The lowest BCUT2D eigenvalue weighted by molar-refractivity contribution is 0.0705. The van der Waals surface area contributed by atoms with Gasteiger partial charge in [-0.15, -0.1) is 0 Å². The van der Waals surface area contributed by atoms with Crippen molar-refractivity contribution in [1.82, 2.24) is 0 Å². The quantitative estimate of drug-likeness (QED) is 0.248. The van der Waals surface area contributed by atoms with E-state index in [0.717, 1.165) is 39.5 Å². The fourth-order valence-electron chi connectivity index (χ4n) is 3.78. The van der Waals surface area contributed by atoms with E-state index in [9.17, 15) is 4.79 Å². The summed E-state index contributed by atoms with van der Waals surface area (Å²) in [5.74, 6) is 2.14. The van der Waals surface area contributed by atoms with Gasteiger partial charge in [0.1, 0.15) is 30.1 Å². The lowest BCUT2D eigenvalue weighted by Crippen LogP contribution is -2.09. The largest absolute Gasteiger partial charge is 0.491 e. The Kier molecular flexibility index (Phi) is 7.35. The van der Waals surface area contributed by atoms with Gasteiger partial charge in [-0.2, -0.15) is 0 Å². The van der Waals surface area contributed by atoms with Crippen LogP contribution in [0.5, 0.6) is 17.2 Å². The third-order valence-electron chi connectivity index (χ3n) is 5.29. The molecule has 168 valence electrons. The summed E-state index contributed by atoms with van der Waals surface area (Å²) in [7, 11) is 0. The maximum atomic E-state index is 11.3. The zero-order valence-electron chi connectivity index (χ0n) is 18.5. The summed E-state index contributed by atoms with van der Waals surface area (Å²) in [6.45, 7) is 3.18. The predicted molar refractivity (Wildman–Crippen MR) is 129 cm³/mol. The Morgan fingerprint density at radius 2 is 1.61 bits per heavy atom. The summed E-state index contributed by atoms with van der Waals surface area (Å²) in [5, 5.41) is 10.6. The molecule has 0 heterocycles. The average Bonchev–Trinajstić information content (AvgIpc) is 2.85. The van der Waals surface area contributed by atoms with E-state index >= 15 is 0 Å². The maximum Gasteiger partial charge on any atom is 0.150 e. The van der Waals surface area contributed by atoms with Gasteiger partial charge in [-0.05, 0) is 59.8 Å². The van der Waals surface area contributed by atoms with E-state index in [-0.39, 0.29) is 6.61 Å². The van der Waals surface area contributed by atoms with E-state index in [2.05, 4.69) is 25.1 Å². The van der Waals surface area contributed by atoms with Crippen molar-refractivity contribution in [3.63, 3.8) is 0 Å². The molecule has 4 rings (SSSR count). The summed E-state index contributed by atoms with van der Waals surface area (Å²) >= 11 is 0. The Balaban J connectivity index is 1.66. The van der Waals surface area contributed by atoms with Gasteiger partial charge < -0.3 is 19.3 Å². The van der Waals surface area contributed by atoms with Crippen molar-refractivity contribution in [2.75, 3.05) is 26.4 Å². The van der Waals surface area contributed by atoms with Gasteiger partial charge in [0.25, 0.3) is 0 Å². The molecular formula is C28H26O5. The van der Waals surface area contributed by atoms with Crippen LogP contribution in [0.1, 0.15) is 15.9 Å². The summed E-state index contributed by atoms with van der Waals surface area (Å²) in [4.78, 5) is 11.3. The van der Waals surface area contributed by atoms with Crippen LogP contribution in [0.4, 0.5) is 0 Å². The summed E-state index contributed by atoms with van der Waals surface area (Å²) in [6, 6.07) is 25.3. The van der Waals surface area contributed by atoms with E-state index in [1.807, 2.05) is 60.7 Å². The SMILES string of the molecule is Cc1cc2cc(C=O)ccc2c(Oc2ccc(OCCOCCO)cc2)c1-c1ccccc1. The number of fused-ring (bicyclic) bond motifs is 1. The van der Waals surface area contributed by atoms with Crippen LogP contribution in [-0.4, -0.2) is 37.8 Å². The molecule has 0 saturated heterocycles. The van der Waals surface area contributed by atoms with Crippen LogP contribution in [-0.2, 0) is 4.74 Å². The van der Waals surface area contributed by atoms with E-state index < -0.39 is 0 Å². The molecule has 0 unspecified atom stereocenters. The number of hydrogen-bond donors (Lipinski definition) is 1. The highest BCUT2D eigenvalue weighted by atomic mass is 16.5. The van der Waals surface area contributed by atoms with Crippen LogP contribution >= 0.6 is 0 Å². The van der Waals surface area contributed by atoms with Gasteiger partial charge in [0.15, 0.2) is 0 Å². The Morgan fingerprint density at radius 3 is 2.33 bits per heavy atom. The van der Waals surface area contributed by atoms with E-state index in [4.69, 9.17) is 19.3 Å². The highest BCUT2D eigenvalue weighted by molar-refractivity contribution is 5.99. The second-order valence-corrected chi connectivity index (χ2v) is 7.62. The monoisotopic (exact) mass is 442 g/mol. The molecule has 33 heavy (non-hydrogen) atoms. The van der Waals surface area contributed by atoms with Gasteiger partial charge in [-0.3, -0.25) is 4.79 Å². The molecule has 5 heteroatoms. The number of rotatable bonds is 10. The molecule has 0 saturated carbocycles. The van der Waals surface area contributed by atoms with Crippen LogP contribution in [0.2, 0.25) is 0 Å². The Hall–Kier alpha value is -3.67. The number of carbonyl (C=O) groups is 1. The molecule has 4 aromatic carbocycles. The van der Waals surface area contributed by atoms with Crippen molar-refractivity contribution in [3.8, 4) is 28.4 Å². The standard InChI is InChI=1S/C28H26O5/c1-20-17-23-18-21(19-30)7-12-26(23)28(27(20)22-5-3-2-4-6-22)33-25-10-8-24(9-11-25)32-16-15-31-14-13-29/h2-12,17-19,29H,13-16H2,1H3. The minimum atomic E-state index is 0.00110. The fraction of sp³-hybridized carbons (Fsp3) is 0.179. The zero-order valence-corrected chi connectivity index (χ0v) is 18.5. The third kappa shape index (κ3) is 5.40. The Bertz CT molecular complexity index is 1220. The van der Waals surface area contributed by atoms with E-state index in [1.165, 1.54) is 0 Å². The van der Waals surface area contributed by atoms with Crippen molar-refractivity contribution in [2.24, 2.45) is 0 Å². The van der Waals surface area contributed by atoms with Crippen LogP contribution in [0.3, 0.4) is 0 Å². The highest BCUT2D eigenvalue weighted by Gasteiger charge is 2.16. The molecule has 5 nitrogen and oxygen atoms in total. The molecular weight excluding hydrogens is 416 g/mol. The molecule has 0 aliphatic carbocycles. The lowest BCUT2D eigenvalue weighted by Gasteiger charge is -2.18. The molecule has 0 aromatic heterocycles. The summed E-state index contributed by atoms with van der Waals surface area (Å²) < 4.78 is 17.3. The molecule has 0 bridgehead atoms. The fourth-order valence-corrected chi connectivity index (χ4v) is 3.78. The average molecular weight is 443 g/mol. The summed E-state index contributed by atoms with van der Waals surface area (Å²) in [5.41, 5.74) is 3.77. The van der Waals surface area contributed by atoms with Crippen LogP contribution in [0, 0.1) is 6.92 Å². The maximum absolute atomic E-state index is 11.3. The molecule has 1 N–H and O–H groups in total. The molecule has 0 radical (unpaired) electrons.